The van der Waals surface area contributed by atoms with E-state index in [0.717, 1.165) is 17.7 Å². The number of methoxy groups -OCH3 is 3. The van der Waals surface area contributed by atoms with Crippen LogP contribution in [0.1, 0.15) is 38.2 Å². The van der Waals surface area contributed by atoms with Crippen molar-refractivity contribution in [1.29, 1.82) is 0 Å². The highest BCUT2D eigenvalue weighted by atomic mass is 16.5. The molecule has 1 heterocycles. The van der Waals surface area contributed by atoms with Crippen LogP contribution in [0.4, 0.5) is 4.79 Å². The Kier molecular flexibility index (Phi) is 6.38. The summed E-state index contributed by atoms with van der Waals surface area (Å²) in [5.74, 6) is 1.34. The van der Waals surface area contributed by atoms with E-state index in [4.69, 9.17) is 14.2 Å². The third-order valence-electron chi connectivity index (χ3n) is 5.94. The maximum Gasteiger partial charge on any atom is 0.325 e. The summed E-state index contributed by atoms with van der Waals surface area (Å²) in [6, 6.07) is 2.88. The van der Waals surface area contributed by atoms with Crippen LogP contribution in [0.5, 0.6) is 17.2 Å². The number of carbonyl (C=O) groups is 3. The van der Waals surface area contributed by atoms with Crippen molar-refractivity contribution in [2.45, 2.75) is 44.7 Å². The average molecular weight is 419 g/mol. The van der Waals surface area contributed by atoms with Gasteiger partial charge in [0.25, 0.3) is 5.91 Å². The first-order valence-electron chi connectivity index (χ1n) is 10.0. The fourth-order valence-electron chi connectivity index (χ4n) is 4.04. The Balaban J connectivity index is 1.64. The lowest BCUT2D eigenvalue weighted by atomic mass is 9.77. The van der Waals surface area contributed by atoms with Gasteiger partial charge in [-0.15, -0.1) is 0 Å². The Labute approximate surface area is 176 Å². The molecule has 4 amide bonds. The molecule has 1 spiro atoms. The molecular weight excluding hydrogens is 390 g/mol. The van der Waals surface area contributed by atoms with Crippen molar-refractivity contribution in [3.63, 3.8) is 0 Å². The van der Waals surface area contributed by atoms with Gasteiger partial charge in [-0.2, -0.15) is 0 Å². The van der Waals surface area contributed by atoms with Gasteiger partial charge in [0, 0.05) is 18.2 Å². The van der Waals surface area contributed by atoms with Crippen molar-refractivity contribution in [3.05, 3.63) is 17.7 Å². The summed E-state index contributed by atoms with van der Waals surface area (Å²) >= 11 is 0. The standard InChI is InChI=1S/C21H29N3O6/c1-13-5-7-21(8-6-13)19(26)24(20(27)23-21)12-18(25)22-11-14-9-16(29-3)17(30-4)10-15(14)28-2/h9-10,13H,5-8,11-12H2,1-4H3,(H,22,25)(H,23,27). The van der Waals surface area contributed by atoms with Crippen LogP contribution in [0.25, 0.3) is 0 Å². The van der Waals surface area contributed by atoms with Gasteiger partial charge in [0.15, 0.2) is 11.5 Å². The maximum absolute atomic E-state index is 12.9. The fraction of sp³-hybridized carbons (Fsp3) is 0.571. The lowest BCUT2D eigenvalue weighted by Gasteiger charge is -2.33. The summed E-state index contributed by atoms with van der Waals surface area (Å²) in [4.78, 5) is 38.7. The van der Waals surface area contributed by atoms with Gasteiger partial charge in [0.2, 0.25) is 5.91 Å². The highest BCUT2D eigenvalue weighted by Gasteiger charge is 2.52. The van der Waals surface area contributed by atoms with Gasteiger partial charge in [-0.3, -0.25) is 14.5 Å². The van der Waals surface area contributed by atoms with Crippen molar-refractivity contribution in [3.8, 4) is 17.2 Å². The highest BCUT2D eigenvalue weighted by molar-refractivity contribution is 6.09. The molecule has 9 nitrogen and oxygen atoms in total. The van der Waals surface area contributed by atoms with Crippen LogP contribution in [0.2, 0.25) is 0 Å². The molecule has 0 aromatic heterocycles. The predicted octanol–water partition coefficient (Wildman–Crippen LogP) is 1.83. The number of hydrogen-bond donors (Lipinski definition) is 2. The third kappa shape index (κ3) is 4.15. The van der Waals surface area contributed by atoms with E-state index in [-0.39, 0.29) is 19.0 Å². The first-order valence-corrected chi connectivity index (χ1v) is 10.0. The summed E-state index contributed by atoms with van der Waals surface area (Å²) in [6.45, 7) is 1.97. The molecule has 30 heavy (non-hydrogen) atoms. The van der Waals surface area contributed by atoms with Gasteiger partial charge < -0.3 is 24.8 Å². The van der Waals surface area contributed by atoms with Crippen LogP contribution in [0.15, 0.2) is 12.1 Å². The number of imide groups is 1. The van der Waals surface area contributed by atoms with E-state index < -0.39 is 17.5 Å². The zero-order valence-corrected chi connectivity index (χ0v) is 17.9. The first-order chi connectivity index (χ1) is 14.3. The number of ether oxygens (including phenoxy) is 3. The van der Waals surface area contributed by atoms with Gasteiger partial charge in [-0.1, -0.05) is 6.92 Å². The molecule has 2 aliphatic rings. The van der Waals surface area contributed by atoms with Gasteiger partial charge in [0.1, 0.15) is 17.8 Å². The van der Waals surface area contributed by atoms with Crippen LogP contribution in [-0.2, 0) is 16.1 Å². The number of carbonyl (C=O) groups excluding carboxylic acids is 3. The molecule has 0 radical (unpaired) electrons. The van der Waals surface area contributed by atoms with E-state index in [0.29, 0.717) is 41.6 Å². The highest BCUT2D eigenvalue weighted by Crippen LogP contribution is 2.36. The summed E-state index contributed by atoms with van der Waals surface area (Å²) < 4.78 is 15.9. The number of hydrogen-bond acceptors (Lipinski definition) is 6. The minimum absolute atomic E-state index is 0.147. The molecule has 0 unspecified atom stereocenters. The molecule has 1 saturated heterocycles. The van der Waals surface area contributed by atoms with Gasteiger partial charge in [-0.05, 0) is 37.7 Å². The first kappa shape index (κ1) is 21.7. The van der Waals surface area contributed by atoms with Crippen molar-refractivity contribution >= 4 is 17.8 Å². The number of benzene rings is 1. The smallest absolute Gasteiger partial charge is 0.325 e. The number of amides is 4. The van der Waals surface area contributed by atoms with Crippen molar-refractivity contribution in [1.82, 2.24) is 15.5 Å². The summed E-state index contributed by atoms with van der Waals surface area (Å²) in [5, 5.41) is 5.56. The normalized spacial score (nSPS) is 23.3. The fourth-order valence-corrected chi connectivity index (χ4v) is 4.04. The van der Waals surface area contributed by atoms with Crippen molar-refractivity contribution < 1.29 is 28.6 Å². The van der Waals surface area contributed by atoms with Gasteiger partial charge >= 0.3 is 6.03 Å². The minimum atomic E-state index is -0.851. The van der Waals surface area contributed by atoms with Crippen LogP contribution >= 0.6 is 0 Å². The molecule has 164 valence electrons. The SMILES string of the molecule is COc1cc(OC)c(OC)cc1CNC(=O)CN1C(=O)NC2(CCC(C)CC2)C1=O. The molecule has 1 saturated carbocycles. The molecule has 1 aliphatic carbocycles. The summed E-state index contributed by atoms with van der Waals surface area (Å²) in [5.41, 5.74) is -0.172. The Morgan fingerprint density at radius 1 is 1.10 bits per heavy atom. The number of urea groups is 1. The molecule has 3 rings (SSSR count). The van der Waals surface area contributed by atoms with Crippen LogP contribution in [0, 0.1) is 5.92 Å². The molecule has 0 bridgehead atoms. The van der Waals surface area contributed by atoms with Crippen LogP contribution < -0.4 is 24.8 Å². The van der Waals surface area contributed by atoms with Crippen LogP contribution in [-0.4, -0.2) is 56.2 Å². The zero-order chi connectivity index (χ0) is 21.9. The second-order valence-corrected chi connectivity index (χ2v) is 7.88. The Hall–Kier alpha value is -2.97. The van der Waals surface area contributed by atoms with Crippen LogP contribution in [0.3, 0.4) is 0 Å². The zero-order valence-electron chi connectivity index (χ0n) is 17.9. The monoisotopic (exact) mass is 419 g/mol. The molecule has 2 N–H and O–H groups in total. The number of rotatable bonds is 7. The van der Waals surface area contributed by atoms with E-state index in [2.05, 4.69) is 17.6 Å². The lowest BCUT2D eigenvalue weighted by Crippen LogP contribution is -2.49. The Morgan fingerprint density at radius 2 is 1.70 bits per heavy atom. The van der Waals surface area contributed by atoms with E-state index in [1.165, 1.54) is 21.3 Å². The van der Waals surface area contributed by atoms with Gasteiger partial charge in [0.05, 0.1) is 21.3 Å². The summed E-state index contributed by atoms with van der Waals surface area (Å²) in [6.07, 6.45) is 2.98. The van der Waals surface area contributed by atoms with E-state index in [1.807, 2.05) is 0 Å². The van der Waals surface area contributed by atoms with E-state index in [9.17, 15) is 14.4 Å². The van der Waals surface area contributed by atoms with E-state index >= 15 is 0 Å². The maximum atomic E-state index is 12.9. The molecule has 1 aliphatic heterocycles. The largest absolute Gasteiger partial charge is 0.496 e. The lowest BCUT2D eigenvalue weighted by molar-refractivity contribution is -0.136. The second-order valence-electron chi connectivity index (χ2n) is 7.88. The minimum Gasteiger partial charge on any atom is -0.496 e. The molecule has 0 atom stereocenters. The molecular formula is C21H29N3O6. The van der Waals surface area contributed by atoms with Gasteiger partial charge in [-0.25, -0.2) is 4.79 Å². The van der Waals surface area contributed by atoms with E-state index in [1.54, 1.807) is 12.1 Å². The van der Waals surface area contributed by atoms with Crippen molar-refractivity contribution in [2.75, 3.05) is 27.9 Å². The Bertz CT molecular complexity index is 832. The van der Waals surface area contributed by atoms with Crippen molar-refractivity contribution in [2.24, 2.45) is 5.92 Å². The molecule has 1 aromatic rings. The number of nitrogens with zero attached hydrogens (tertiary/aromatic N) is 1. The quantitative estimate of drug-likeness (QED) is 0.653. The molecule has 1 aromatic carbocycles. The molecule has 9 heteroatoms. The Morgan fingerprint density at radius 3 is 2.30 bits per heavy atom. The second kappa shape index (κ2) is 8.81. The third-order valence-corrected chi connectivity index (χ3v) is 5.94. The molecule has 2 fully saturated rings. The predicted molar refractivity (Wildman–Crippen MR) is 109 cm³/mol. The summed E-state index contributed by atoms with van der Waals surface area (Å²) in [7, 11) is 4.56. The average Bonchev–Trinajstić information content (AvgIpc) is 2.97. The topological polar surface area (TPSA) is 106 Å². The number of nitrogens with one attached hydrogen (secondary N) is 2.